The topological polar surface area (TPSA) is 20.2 Å². The maximum atomic E-state index is 8.97. The second kappa shape index (κ2) is 4.00. The molecule has 0 aromatic rings. The van der Waals surface area contributed by atoms with Gasteiger partial charge in [0.2, 0.25) is 0 Å². The van der Waals surface area contributed by atoms with Crippen molar-refractivity contribution in [2.75, 3.05) is 0 Å². The van der Waals surface area contributed by atoms with E-state index in [1.165, 1.54) is 12.0 Å². The number of allylic oxidation sites excluding steroid dienone is 3. The van der Waals surface area contributed by atoms with E-state index in [1.807, 2.05) is 6.08 Å². The van der Waals surface area contributed by atoms with Crippen LogP contribution in [0, 0.1) is 12.3 Å². The van der Waals surface area contributed by atoms with Gasteiger partial charge in [-0.25, -0.2) is 0 Å². The lowest BCUT2D eigenvalue weighted by Gasteiger charge is -1.93. The normalized spacial score (nSPS) is 19.8. The number of aliphatic hydroxyl groups is 1. The van der Waals surface area contributed by atoms with Crippen molar-refractivity contribution < 1.29 is 5.11 Å². The van der Waals surface area contributed by atoms with Crippen LogP contribution in [0.25, 0.3) is 0 Å². The number of hydrogen-bond donors (Lipinski definition) is 1. The fraction of sp³-hybridized carbons (Fsp3) is 0.400. The van der Waals surface area contributed by atoms with E-state index in [-0.39, 0.29) is 0 Å². The van der Waals surface area contributed by atoms with Gasteiger partial charge in [-0.15, -0.1) is 6.42 Å². The summed E-state index contributed by atoms with van der Waals surface area (Å²) in [7, 11) is 0. The van der Waals surface area contributed by atoms with E-state index in [2.05, 4.69) is 12.0 Å². The molecule has 1 N–H and O–H groups in total. The van der Waals surface area contributed by atoms with Gasteiger partial charge in [-0.3, -0.25) is 0 Å². The van der Waals surface area contributed by atoms with Crippen LogP contribution in [0.4, 0.5) is 0 Å². The Morgan fingerprint density at radius 2 is 2.55 bits per heavy atom. The first-order chi connectivity index (χ1) is 5.33. The predicted octanol–water partition coefficient (Wildman–Crippen LogP) is 1.65. The fourth-order valence-electron chi connectivity index (χ4n) is 1.12. The predicted molar refractivity (Wildman–Crippen MR) is 45.9 cm³/mol. The van der Waals surface area contributed by atoms with Gasteiger partial charge in [0.15, 0.2) is 0 Å². The lowest BCUT2D eigenvalue weighted by atomic mass is 10.2. The van der Waals surface area contributed by atoms with E-state index in [0.29, 0.717) is 0 Å². The summed E-state index contributed by atoms with van der Waals surface area (Å²) in [4.78, 5) is 0. The van der Waals surface area contributed by atoms with E-state index >= 15 is 0 Å². The smallest absolute Gasteiger partial charge is 0.133 e. The fourth-order valence-corrected chi connectivity index (χ4v) is 1.12. The standard InChI is InChI=1S/C10H12O/c1-2-10(11)8-7-9-5-3-4-6-9/h1,5,7-8,10-11H,3-4,6H2/b8-7+. The highest BCUT2D eigenvalue weighted by Gasteiger charge is 2.00. The summed E-state index contributed by atoms with van der Waals surface area (Å²) in [6, 6.07) is 0. The molecular formula is C10H12O. The zero-order valence-corrected chi connectivity index (χ0v) is 6.46. The third-order valence-electron chi connectivity index (χ3n) is 1.74. The molecule has 1 aliphatic carbocycles. The van der Waals surface area contributed by atoms with Crippen LogP contribution in [-0.2, 0) is 0 Å². The van der Waals surface area contributed by atoms with Crippen LogP contribution in [-0.4, -0.2) is 11.2 Å². The van der Waals surface area contributed by atoms with E-state index < -0.39 is 6.10 Å². The van der Waals surface area contributed by atoms with Gasteiger partial charge in [0.1, 0.15) is 6.10 Å². The first kappa shape index (κ1) is 8.10. The molecule has 1 unspecified atom stereocenters. The highest BCUT2D eigenvalue weighted by Crippen LogP contribution is 2.18. The van der Waals surface area contributed by atoms with Gasteiger partial charge in [-0.2, -0.15) is 0 Å². The molecule has 0 spiro atoms. The third kappa shape index (κ3) is 2.61. The largest absolute Gasteiger partial charge is 0.377 e. The third-order valence-corrected chi connectivity index (χ3v) is 1.74. The molecule has 0 aliphatic heterocycles. The average molecular weight is 148 g/mol. The van der Waals surface area contributed by atoms with Gasteiger partial charge in [0.25, 0.3) is 0 Å². The Hall–Kier alpha value is -1.00. The van der Waals surface area contributed by atoms with Gasteiger partial charge < -0.3 is 5.11 Å². The zero-order chi connectivity index (χ0) is 8.10. The Morgan fingerprint density at radius 1 is 1.73 bits per heavy atom. The number of hydrogen-bond acceptors (Lipinski definition) is 1. The molecule has 0 heterocycles. The van der Waals surface area contributed by atoms with Crippen LogP contribution in [0.15, 0.2) is 23.8 Å². The molecule has 0 saturated carbocycles. The molecule has 1 nitrogen and oxygen atoms in total. The van der Waals surface area contributed by atoms with Crippen molar-refractivity contribution in [1.29, 1.82) is 0 Å². The molecule has 11 heavy (non-hydrogen) atoms. The van der Waals surface area contributed by atoms with Crippen molar-refractivity contribution in [3.05, 3.63) is 23.8 Å². The van der Waals surface area contributed by atoms with Crippen LogP contribution in [0.3, 0.4) is 0 Å². The lowest BCUT2D eigenvalue weighted by molar-refractivity contribution is 0.281. The average Bonchev–Trinajstić information content (AvgIpc) is 2.52. The minimum Gasteiger partial charge on any atom is -0.377 e. The molecule has 1 atom stereocenters. The quantitative estimate of drug-likeness (QED) is 0.590. The summed E-state index contributed by atoms with van der Waals surface area (Å²) in [5, 5.41) is 8.97. The van der Waals surface area contributed by atoms with Crippen molar-refractivity contribution >= 4 is 0 Å². The highest BCUT2D eigenvalue weighted by molar-refractivity contribution is 5.24. The molecule has 0 fully saturated rings. The van der Waals surface area contributed by atoms with Gasteiger partial charge in [0, 0.05) is 0 Å². The van der Waals surface area contributed by atoms with Crippen molar-refractivity contribution in [3.8, 4) is 12.3 Å². The van der Waals surface area contributed by atoms with Crippen molar-refractivity contribution in [2.45, 2.75) is 25.4 Å². The van der Waals surface area contributed by atoms with Crippen LogP contribution < -0.4 is 0 Å². The Morgan fingerprint density at radius 3 is 3.09 bits per heavy atom. The summed E-state index contributed by atoms with van der Waals surface area (Å²) < 4.78 is 0. The van der Waals surface area contributed by atoms with Gasteiger partial charge in [0.05, 0.1) is 0 Å². The maximum Gasteiger partial charge on any atom is 0.133 e. The molecule has 1 rings (SSSR count). The Balaban J connectivity index is 2.41. The van der Waals surface area contributed by atoms with Gasteiger partial charge >= 0.3 is 0 Å². The molecule has 0 bridgehead atoms. The van der Waals surface area contributed by atoms with Crippen molar-refractivity contribution in [3.63, 3.8) is 0 Å². The monoisotopic (exact) mass is 148 g/mol. The van der Waals surface area contributed by atoms with Crippen LogP contribution in [0.2, 0.25) is 0 Å². The minimum atomic E-state index is -0.725. The SMILES string of the molecule is C#CC(O)/C=C/C1=CCCC1. The molecule has 58 valence electrons. The second-order valence-electron chi connectivity index (χ2n) is 2.64. The first-order valence-electron chi connectivity index (χ1n) is 3.84. The molecule has 1 heteroatoms. The van der Waals surface area contributed by atoms with E-state index in [4.69, 9.17) is 11.5 Å². The summed E-state index contributed by atoms with van der Waals surface area (Å²) in [6.07, 6.45) is 13.5. The number of rotatable bonds is 2. The van der Waals surface area contributed by atoms with Gasteiger partial charge in [-0.1, -0.05) is 23.6 Å². The Bertz CT molecular complexity index is 218. The lowest BCUT2D eigenvalue weighted by Crippen LogP contribution is -1.95. The minimum absolute atomic E-state index is 0.725. The molecular weight excluding hydrogens is 136 g/mol. The second-order valence-corrected chi connectivity index (χ2v) is 2.64. The zero-order valence-electron chi connectivity index (χ0n) is 6.46. The van der Waals surface area contributed by atoms with Crippen LogP contribution in [0.1, 0.15) is 19.3 Å². The number of terminal acetylenes is 1. The van der Waals surface area contributed by atoms with Crippen LogP contribution in [0.5, 0.6) is 0 Å². The summed E-state index contributed by atoms with van der Waals surface area (Å²) in [5.74, 6) is 2.23. The molecule has 1 aliphatic rings. The van der Waals surface area contributed by atoms with Gasteiger partial charge in [-0.05, 0) is 25.3 Å². The molecule has 0 saturated heterocycles. The van der Waals surface area contributed by atoms with E-state index in [1.54, 1.807) is 6.08 Å². The van der Waals surface area contributed by atoms with E-state index in [0.717, 1.165) is 12.8 Å². The van der Waals surface area contributed by atoms with Crippen LogP contribution >= 0.6 is 0 Å². The summed E-state index contributed by atoms with van der Waals surface area (Å²) in [5.41, 5.74) is 1.29. The number of aliphatic hydroxyl groups excluding tert-OH is 1. The summed E-state index contributed by atoms with van der Waals surface area (Å²) >= 11 is 0. The first-order valence-corrected chi connectivity index (χ1v) is 3.84. The van der Waals surface area contributed by atoms with E-state index in [9.17, 15) is 0 Å². The Labute approximate surface area is 67.4 Å². The molecule has 0 aromatic carbocycles. The molecule has 0 radical (unpaired) electrons. The summed E-state index contributed by atoms with van der Waals surface area (Å²) in [6.45, 7) is 0. The van der Waals surface area contributed by atoms with Crippen molar-refractivity contribution in [1.82, 2.24) is 0 Å². The maximum absolute atomic E-state index is 8.97. The Kier molecular flexibility index (Phi) is 2.95. The highest BCUT2D eigenvalue weighted by atomic mass is 16.3. The van der Waals surface area contributed by atoms with Crippen molar-refractivity contribution in [2.24, 2.45) is 0 Å². The molecule has 0 aromatic heterocycles. The molecule has 0 amide bonds.